The fraction of sp³-hybridized carbons (Fsp3) is 0.500. The average molecular weight is 230 g/mol. The van der Waals surface area contributed by atoms with Gasteiger partial charge in [0.25, 0.3) is 0 Å². The standard InChI is InChI=1S/C14H18N2O/c15-14(17)13-4-2-1-3-12(13)9-5-10-7-16-8-11(10)6-9/h1-4,9-11,16H,5-8H2,(H2,15,17)/t9?,10-,11+. The van der Waals surface area contributed by atoms with Crippen LogP contribution in [0.15, 0.2) is 24.3 Å². The van der Waals surface area contributed by atoms with Gasteiger partial charge in [-0.05, 0) is 55.3 Å². The molecule has 17 heavy (non-hydrogen) atoms. The minimum absolute atomic E-state index is 0.296. The van der Waals surface area contributed by atoms with Crippen molar-refractivity contribution in [2.45, 2.75) is 18.8 Å². The predicted molar refractivity (Wildman–Crippen MR) is 66.8 cm³/mol. The highest BCUT2D eigenvalue weighted by Crippen LogP contribution is 2.44. The highest BCUT2D eigenvalue weighted by molar-refractivity contribution is 5.94. The second-order valence-electron chi connectivity index (χ2n) is 5.30. The zero-order valence-corrected chi connectivity index (χ0v) is 9.86. The molecule has 3 heteroatoms. The maximum atomic E-state index is 11.4. The van der Waals surface area contributed by atoms with Gasteiger partial charge in [-0.3, -0.25) is 4.79 Å². The van der Waals surface area contributed by atoms with Crippen LogP contribution in [0.3, 0.4) is 0 Å². The van der Waals surface area contributed by atoms with Crippen LogP contribution in [-0.2, 0) is 0 Å². The summed E-state index contributed by atoms with van der Waals surface area (Å²) in [6, 6.07) is 7.82. The van der Waals surface area contributed by atoms with E-state index in [0.717, 1.165) is 30.5 Å². The fourth-order valence-corrected chi connectivity index (χ4v) is 3.50. The number of rotatable bonds is 2. The lowest BCUT2D eigenvalue weighted by Gasteiger charge is -2.14. The third-order valence-corrected chi connectivity index (χ3v) is 4.32. The zero-order valence-electron chi connectivity index (χ0n) is 9.86. The van der Waals surface area contributed by atoms with Gasteiger partial charge in [0.2, 0.25) is 5.91 Å². The Kier molecular flexibility index (Phi) is 2.63. The molecule has 1 aromatic carbocycles. The highest BCUT2D eigenvalue weighted by atomic mass is 16.1. The topological polar surface area (TPSA) is 55.1 Å². The number of nitrogens with two attached hydrogens (primary N) is 1. The van der Waals surface area contributed by atoms with Crippen LogP contribution in [0.5, 0.6) is 0 Å². The van der Waals surface area contributed by atoms with Crippen LogP contribution in [0.1, 0.15) is 34.7 Å². The number of fused-ring (bicyclic) bond motifs is 1. The van der Waals surface area contributed by atoms with E-state index in [1.54, 1.807) is 0 Å². The molecule has 2 aliphatic rings. The first-order valence-corrected chi connectivity index (χ1v) is 6.35. The van der Waals surface area contributed by atoms with Crippen molar-refractivity contribution in [2.75, 3.05) is 13.1 Å². The van der Waals surface area contributed by atoms with Crippen LogP contribution in [0, 0.1) is 11.8 Å². The second kappa shape index (κ2) is 4.15. The van der Waals surface area contributed by atoms with Crippen molar-refractivity contribution in [2.24, 2.45) is 17.6 Å². The van der Waals surface area contributed by atoms with E-state index in [9.17, 15) is 4.79 Å². The summed E-state index contributed by atoms with van der Waals surface area (Å²) in [6.07, 6.45) is 2.39. The summed E-state index contributed by atoms with van der Waals surface area (Å²) in [7, 11) is 0. The Labute approximate surface area is 101 Å². The van der Waals surface area contributed by atoms with E-state index in [-0.39, 0.29) is 5.91 Å². The third-order valence-electron chi connectivity index (χ3n) is 4.32. The van der Waals surface area contributed by atoms with Crippen LogP contribution in [0.2, 0.25) is 0 Å². The van der Waals surface area contributed by atoms with Gasteiger partial charge >= 0.3 is 0 Å². The number of benzene rings is 1. The molecule has 1 unspecified atom stereocenters. The summed E-state index contributed by atoms with van der Waals surface area (Å²) in [4.78, 5) is 11.4. The molecule has 1 aliphatic carbocycles. The Morgan fingerprint density at radius 1 is 1.18 bits per heavy atom. The summed E-state index contributed by atoms with van der Waals surface area (Å²) in [5.41, 5.74) is 7.32. The van der Waals surface area contributed by atoms with Gasteiger partial charge in [0.05, 0.1) is 0 Å². The lowest BCUT2D eigenvalue weighted by molar-refractivity contribution is 0.0999. The Balaban J connectivity index is 1.88. The van der Waals surface area contributed by atoms with E-state index in [0.29, 0.717) is 11.5 Å². The molecule has 0 spiro atoms. The van der Waals surface area contributed by atoms with Gasteiger partial charge in [0.15, 0.2) is 0 Å². The molecule has 2 fully saturated rings. The lowest BCUT2D eigenvalue weighted by Crippen LogP contribution is -2.16. The van der Waals surface area contributed by atoms with Gasteiger partial charge in [-0.2, -0.15) is 0 Å². The smallest absolute Gasteiger partial charge is 0.248 e. The zero-order chi connectivity index (χ0) is 11.8. The highest BCUT2D eigenvalue weighted by Gasteiger charge is 2.38. The van der Waals surface area contributed by atoms with E-state index < -0.39 is 0 Å². The summed E-state index contributed by atoms with van der Waals surface area (Å²) in [6.45, 7) is 2.28. The van der Waals surface area contributed by atoms with Gasteiger partial charge in [-0.1, -0.05) is 18.2 Å². The van der Waals surface area contributed by atoms with Crippen LogP contribution >= 0.6 is 0 Å². The summed E-state index contributed by atoms with van der Waals surface area (Å²) < 4.78 is 0. The molecule has 1 aromatic rings. The van der Waals surface area contributed by atoms with E-state index >= 15 is 0 Å². The average Bonchev–Trinajstić information content (AvgIpc) is 2.88. The number of primary amides is 1. The molecular formula is C14H18N2O. The molecule has 1 saturated heterocycles. The molecule has 3 atom stereocenters. The van der Waals surface area contributed by atoms with Crippen molar-refractivity contribution in [3.63, 3.8) is 0 Å². The van der Waals surface area contributed by atoms with E-state index in [4.69, 9.17) is 5.73 Å². The van der Waals surface area contributed by atoms with Crippen molar-refractivity contribution >= 4 is 5.91 Å². The Bertz CT molecular complexity index is 432. The quantitative estimate of drug-likeness (QED) is 0.809. The number of amides is 1. The van der Waals surface area contributed by atoms with Gasteiger partial charge in [-0.15, -0.1) is 0 Å². The van der Waals surface area contributed by atoms with Crippen molar-refractivity contribution < 1.29 is 4.79 Å². The maximum Gasteiger partial charge on any atom is 0.248 e. The van der Waals surface area contributed by atoms with E-state index in [1.165, 1.54) is 12.8 Å². The predicted octanol–water partition coefficient (Wildman–Crippen LogP) is 1.50. The molecule has 1 saturated carbocycles. The van der Waals surface area contributed by atoms with Crippen molar-refractivity contribution in [1.82, 2.24) is 5.32 Å². The van der Waals surface area contributed by atoms with Gasteiger partial charge in [0, 0.05) is 5.56 Å². The molecule has 0 aromatic heterocycles. The number of nitrogens with one attached hydrogen (secondary N) is 1. The molecule has 3 N–H and O–H groups in total. The summed E-state index contributed by atoms with van der Waals surface area (Å²) in [5, 5.41) is 3.44. The van der Waals surface area contributed by atoms with Crippen molar-refractivity contribution in [3.05, 3.63) is 35.4 Å². The monoisotopic (exact) mass is 230 g/mol. The molecule has 1 amide bonds. The second-order valence-corrected chi connectivity index (χ2v) is 5.30. The molecular weight excluding hydrogens is 212 g/mol. The van der Waals surface area contributed by atoms with Gasteiger partial charge in [0.1, 0.15) is 0 Å². The van der Waals surface area contributed by atoms with Gasteiger partial charge < -0.3 is 11.1 Å². The normalized spacial score (nSPS) is 31.4. The summed E-state index contributed by atoms with van der Waals surface area (Å²) >= 11 is 0. The third kappa shape index (κ3) is 1.84. The number of hydrogen-bond donors (Lipinski definition) is 2. The number of hydrogen-bond acceptors (Lipinski definition) is 2. The SMILES string of the molecule is NC(=O)c1ccccc1C1C[C@H]2CNC[C@H]2C1. The first kappa shape index (κ1) is 10.8. The molecule has 0 bridgehead atoms. The van der Waals surface area contributed by atoms with Crippen LogP contribution in [-0.4, -0.2) is 19.0 Å². The minimum Gasteiger partial charge on any atom is -0.366 e. The molecule has 0 radical (unpaired) electrons. The Morgan fingerprint density at radius 2 is 1.82 bits per heavy atom. The first-order chi connectivity index (χ1) is 8.25. The van der Waals surface area contributed by atoms with Crippen LogP contribution in [0.4, 0.5) is 0 Å². The minimum atomic E-state index is -0.296. The van der Waals surface area contributed by atoms with Gasteiger partial charge in [-0.25, -0.2) is 0 Å². The Hall–Kier alpha value is -1.35. The molecule has 3 nitrogen and oxygen atoms in total. The molecule has 90 valence electrons. The lowest BCUT2D eigenvalue weighted by atomic mass is 9.91. The van der Waals surface area contributed by atoms with E-state index in [2.05, 4.69) is 11.4 Å². The fourth-order valence-electron chi connectivity index (χ4n) is 3.50. The maximum absolute atomic E-state index is 11.4. The van der Waals surface area contributed by atoms with Crippen LogP contribution < -0.4 is 11.1 Å². The summed E-state index contributed by atoms with van der Waals surface area (Å²) in [5.74, 6) is 1.81. The number of carbonyl (C=O) groups excluding carboxylic acids is 1. The first-order valence-electron chi connectivity index (χ1n) is 6.35. The Morgan fingerprint density at radius 3 is 2.47 bits per heavy atom. The van der Waals surface area contributed by atoms with E-state index in [1.807, 2.05) is 18.2 Å². The number of carbonyl (C=O) groups is 1. The van der Waals surface area contributed by atoms with Crippen molar-refractivity contribution in [1.29, 1.82) is 0 Å². The largest absolute Gasteiger partial charge is 0.366 e. The molecule has 1 aliphatic heterocycles. The molecule has 3 rings (SSSR count). The molecule has 1 heterocycles. The van der Waals surface area contributed by atoms with Crippen LogP contribution in [0.25, 0.3) is 0 Å². The van der Waals surface area contributed by atoms with Crippen molar-refractivity contribution in [3.8, 4) is 0 Å².